The summed E-state index contributed by atoms with van der Waals surface area (Å²) in [4.78, 5) is 7.21. The summed E-state index contributed by atoms with van der Waals surface area (Å²) >= 11 is 6.01. The van der Waals surface area contributed by atoms with Crippen molar-refractivity contribution in [3.63, 3.8) is 0 Å². The van der Waals surface area contributed by atoms with Crippen LogP contribution in [0.2, 0.25) is 5.02 Å². The van der Waals surface area contributed by atoms with Crippen LogP contribution in [0, 0.1) is 0 Å². The molecule has 4 aromatic rings. The number of piperazine rings is 1. The molecule has 1 aliphatic heterocycles. The fraction of sp³-hybridized carbons (Fsp3) is 0.167. The standard InChI is InChI=1S/C24H22ClN5/c25-20-9-11-21(12-10-20)28-14-16-29(17-15-28)26-18-22-24(19-6-2-1-3-7-19)27-23-8-4-5-13-30(22)23/h1-13,18H,14-17H2/b26-18+. The first-order valence-electron chi connectivity index (χ1n) is 10.1. The number of hydrogen-bond donors (Lipinski definition) is 0. The number of pyridine rings is 1. The lowest BCUT2D eigenvalue weighted by atomic mass is 10.1. The van der Waals surface area contributed by atoms with Gasteiger partial charge in [-0.1, -0.05) is 48.0 Å². The Morgan fingerprint density at radius 2 is 1.57 bits per heavy atom. The van der Waals surface area contributed by atoms with Crippen molar-refractivity contribution in [3.8, 4) is 11.3 Å². The van der Waals surface area contributed by atoms with Crippen LogP contribution < -0.4 is 4.90 Å². The Morgan fingerprint density at radius 1 is 0.833 bits per heavy atom. The molecular weight excluding hydrogens is 394 g/mol. The van der Waals surface area contributed by atoms with Crippen molar-refractivity contribution in [3.05, 3.63) is 89.7 Å². The summed E-state index contributed by atoms with van der Waals surface area (Å²) in [6.45, 7) is 3.60. The van der Waals surface area contributed by atoms with Gasteiger partial charge >= 0.3 is 0 Å². The topological polar surface area (TPSA) is 36.1 Å². The number of fused-ring (bicyclic) bond motifs is 1. The summed E-state index contributed by atoms with van der Waals surface area (Å²) in [6.07, 6.45) is 3.98. The van der Waals surface area contributed by atoms with Crippen LogP contribution in [0.5, 0.6) is 0 Å². The molecule has 0 spiro atoms. The van der Waals surface area contributed by atoms with Crippen LogP contribution in [0.25, 0.3) is 16.9 Å². The maximum atomic E-state index is 6.01. The van der Waals surface area contributed by atoms with Gasteiger partial charge in [0, 0.05) is 35.6 Å². The quantitative estimate of drug-likeness (QED) is 0.449. The summed E-state index contributed by atoms with van der Waals surface area (Å²) in [5, 5.41) is 7.70. The van der Waals surface area contributed by atoms with Crippen LogP contribution in [0.1, 0.15) is 5.69 Å². The van der Waals surface area contributed by atoms with Crippen molar-refractivity contribution in [1.29, 1.82) is 0 Å². The molecule has 0 atom stereocenters. The maximum absolute atomic E-state index is 6.01. The van der Waals surface area contributed by atoms with E-state index in [2.05, 4.69) is 38.6 Å². The molecule has 5 rings (SSSR count). The fourth-order valence-electron chi connectivity index (χ4n) is 3.80. The van der Waals surface area contributed by atoms with E-state index < -0.39 is 0 Å². The Balaban J connectivity index is 1.36. The van der Waals surface area contributed by atoms with E-state index in [0.717, 1.165) is 53.8 Å². The van der Waals surface area contributed by atoms with E-state index >= 15 is 0 Å². The van der Waals surface area contributed by atoms with Gasteiger partial charge in [-0.05, 0) is 36.4 Å². The third-order valence-electron chi connectivity index (χ3n) is 5.41. The second kappa shape index (κ2) is 8.20. The molecule has 30 heavy (non-hydrogen) atoms. The van der Waals surface area contributed by atoms with Gasteiger partial charge in [-0.3, -0.25) is 9.41 Å². The predicted octanol–water partition coefficient (Wildman–Crippen LogP) is 4.81. The molecule has 2 aromatic heterocycles. The highest BCUT2D eigenvalue weighted by Gasteiger charge is 2.17. The minimum absolute atomic E-state index is 0.768. The van der Waals surface area contributed by atoms with Crippen molar-refractivity contribution >= 4 is 29.2 Å². The van der Waals surface area contributed by atoms with E-state index in [1.165, 1.54) is 5.69 Å². The van der Waals surface area contributed by atoms with Crippen LogP contribution in [0.3, 0.4) is 0 Å². The zero-order valence-corrected chi connectivity index (χ0v) is 17.3. The van der Waals surface area contributed by atoms with E-state index in [1.54, 1.807) is 0 Å². The second-order valence-corrected chi connectivity index (χ2v) is 7.74. The minimum atomic E-state index is 0.768. The Hall–Kier alpha value is -3.31. The number of aromatic nitrogens is 2. The highest BCUT2D eigenvalue weighted by atomic mass is 35.5. The first-order chi connectivity index (χ1) is 14.8. The molecule has 2 aromatic carbocycles. The summed E-state index contributed by atoms with van der Waals surface area (Å²) in [6, 6.07) is 24.4. The van der Waals surface area contributed by atoms with Crippen molar-refractivity contribution < 1.29 is 0 Å². The molecule has 0 unspecified atom stereocenters. The number of nitrogens with zero attached hydrogens (tertiary/aromatic N) is 5. The molecule has 6 heteroatoms. The molecule has 0 saturated carbocycles. The van der Waals surface area contributed by atoms with Crippen LogP contribution in [0.15, 0.2) is 84.1 Å². The highest BCUT2D eigenvalue weighted by molar-refractivity contribution is 6.30. The predicted molar refractivity (Wildman–Crippen MR) is 123 cm³/mol. The maximum Gasteiger partial charge on any atom is 0.137 e. The van der Waals surface area contributed by atoms with Crippen LogP contribution in [0.4, 0.5) is 5.69 Å². The molecule has 1 saturated heterocycles. The molecule has 0 amide bonds. The number of hydrazone groups is 1. The van der Waals surface area contributed by atoms with Gasteiger partial charge in [0.25, 0.3) is 0 Å². The molecular formula is C24H22ClN5. The van der Waals surface area contributed by atoms with Gasteiger partial charge in [0.15, 0.2) is 0 Å². The molecule has 0 radical (unpaired) electrons. The van der Waals surface area contributed by atoms with Crippen molar-refractivity contribution in [2.75, 3.05) is 31.1 Å². The zero-order valence-electron chi connectivity index (χ0n) is 16.5. The summed E-state index contributed by atoms with van der Waals surface area (Å²) < 4.78 is 2.09. The second-order valence-electron chi connectivity index (χ2n) is 7.30. The molecule has 3 heterocycles. The average molecular weight is 416 g/mol. The fourth-order valence-corrected chi connectivity index (χ4v) is 3.93. The third-order valence-corrected chi connectivity index (χ3v) is 5.66. The van der Waals surface area contributed by atoms with Crippen LogP contribution >= 0.6 is 11.6 Å². The first kappa shape index (κ1) is 18.7. The molecule has 5 nitrogen and oxygen atoms in total. The minimum Gasteiger partial charge on any atom is -0.368 e. The van der Waals surface area contributed by atoms with Gasteiger partial charge in [-0.25, -0.2) is 4.98 Å². The highest BCUT2D eigenvalue weighted by Crippen LogP contribution is 2.24. The molecule has 150 valence electrons. The van der Waals surface area contributed by atoms with Gasteiger partial charge in [-0.15, -0.1) is 0 Å². The normalized spacial score (nSPS) is 14.7. The van der Waals surface area contributed by atoms with E-state index in [4.69, 9.17) is 21.7 Å². The Labute approximate surface area is 180 Å². The Morgan fingerprint density at radius 3 is 2.33 bits per heavy atom. The number of rotatable bonds is 4. The number of imidazole rings is 1. The monoisotopic (exact) mass is 415 g/mol. The first-order valence-corrected chi connectivity index (χ1v) is 10.5. The van der Waals surface area contributed by atoms with Gasteiger partial charge in [-0.2, -0.15) is 5.10 Å². The summed E-state index contributed by atoms with van der Waals surface area (Å²) in [5.74, 6) is 0. The van der Waals surface area contributed by atoms with E-state index in [-0.39, 0.29) is 0 Å². The number of hydrogen-bond acceptors (Lipinski definition) is 4. The lowest BCUT2D eigenvalue weighted by Gasteiger charge is -2.34. The van der Waals surface area contributed by atoms with Crippen molar-refractivity contribution in [2.45, 2.75) is 0 Å². The van der Waals surface area contributed by atoms with E-state index in [9.17, 15) is 0 Å². The molecule has 0 bridgehead atoms. The smallest absolute Gasteiger partial charge is 0.137 e. The number of halogens is 1. The number of anilines is 1. The molecule has 0 N–H and O–H groups in total. The third kappa shape index (κ3) is 3.76. The molecule has 1 fully saturated rings. The average Bonchev–Trinajstić information content (AvgIpc) is 3.18. The van der Waals surface area contributed by atoms with Crippen molar-refractivity contribution in [2.24, 2.45) is 5.10 Å². The van der Waals surface area contributed by atoms with Gasteiger partial charge in [0.2, 0.25) is 0 Å². The van der Waals surface area contributed by atoms with Gasteiger partial charge < -0.3 is 4.90 Å². The van der Waals surface area contributed by atoms with Crippen LogP contribution in [-0.4, -0.2) is 46.8 Å². The van der Waals surface area contributed by atoms with Crippen molar-refractivity contribution in [1.82, 2.24) is 14.4 Å². The van der Waals surface area contributed by atoms with Crippen LogP contribution in [-0.2, 0) is 0 Å². The summed E-state index contributed by atoms with van der Waals surface area (Å²) in [5.41, 5.74) is 5.17. The largest absolute Gasteiger partial charge is 0.368 e. The van der Waals surface area contributed by atoms with Gasteiger partial charge in [0.05, 0.1) is 30.7 Å². The molecule has 1 aliphatic rings. The van der Waals surface area contributed by atoms with Gasteiger partial charge in [0.1, 0.15) is 5.65 Å². The zero-order chi connectivity index (χ0) is 20.3. The molecule has 0 aliphatic carbocycles. The number of benzene rings is 2. The lowest BCUT2D eigenvalue weighted by molar-refractivity contribution is 0.272. The van der Waals surface area contributed by atoms with E-state index in [0.29, 0.717) is 0 Å². The summed E-state index contributed by atoms with van der Waals surface area (Å²) in [7, 11) is 0. The Kier molecular flexibility index (Phi) is 5.11. The lowest BCUT2D eigenvalue weighted by Crippen LogP contribution is -2.44. The van der Waals surface area contributed by atoms with E-state index in [1.807, 2.05) is 60.9 Å². The SMILES string of the molecule is Clc1ccc(N2CCN(/N=C/c3c(-c4ccccc4)nc4ccccn34)CC2)cc1. The Bertz CT molecular complexity index is 1160.